The first-order valence-electron chi connectivity index (χ1n) is 48.2. The van der Waals surface area contributed by atoms with Crippen LogP contribution in [0, 0.1) is 78.9 Å². The second-order valence-corrected chi connectivity index (χ2v) is 46.9. The van der Waals surface area contributed by atoms with E-state index >= 15 is 0 Å². The summed E-state index contributed by atoms with van der Waals surface area (Å²) in [5.74, 6) is -1.40. The number of hydrogen-bond acceptors (Lipinski definition) is 12. The van der Waals surface area contributed by atoms with E-state index in [0.29, 0.717) is 74.8 Å². The monoisotopic (exact) mass is 1920 g/mol. The van der Waals surface area contributed by atoms with E-state index in [-0.39, 0.29) is 57.7 Å². The van der Waals surface area contributed by atoms with E-state index in [0.717, 1.165) is 76.0 Å². The van der Waals surface area contributed by atoms with Crippen LogP contribution >= 0.6 is 0 Å². The molecule has 12 aromatic carbocycles. The van der Waals surface area contributed by atoms with Crippen LogP contribution in [-0.2, 0) is 72.2 Å². The molecule has 2 atom stereocenters. The number of esters is 1. The van der Waals surface area contributed by atoms with Crippen LogP contribution in [0.1, 0.15) is 154 Å². The number of nitrogens with one attached hydrogen (secondary N) is 1. The number of alkyl halides is 2. The second kappa shape index (κ2) is 49.5. The van der Waals surface area contributed by atoms with Crippen LogP contribution in [0.25, 0.3) is 0 Å². The summed E-state index contributed by atoms with van der Waals surface area (Å²) < 4.78 is 34.2. The van der Waals surface area contributed by atoms with Gasteiger partial charge in [-0.25, -0.2) is 4.79 Å². The van der Waals surface area contributed by atoms with E-state index in [1.807, 2.05) is 0 Å². The number of carbonyl (C=O) groups is 4. The van der Waals surface area contributed by atoms with Crippen molar-refractivity contribution < 1.29 is 57.9 Å². The van der Waals surface area contributed by atoms with Gasteiger partial charge in [-0.05, 0) is 343 Å². The number of carboxylic acids is 3. The van der Waals surface area contributed by atoms with E-state index in [4.69, 9.17) is 14.6 Å². The Hall–Kier alpha value is -10.4. The van der Waals surface area contributed by atoms with Crippen molar-refractivity contribution in [1.29, 1.82) is 0 Å². The first-order chi connectivity index (χ1) is 65.7. The molecule has 0 amide bonds. The van der Waals surface area contributed by atoms with Crippen LogP contribution < -0.4 is 20.6 Å². The Morgan fingerprint density at radius 2 is 0.577 bits per heavy atom. The van der Waals surface area contributed by atoms with Crippen molar-refractivity contribution in [3.63, 3.8) is 0 Å². The Morgan fingerprint density at radius 3 is 0.788 bits per heavy atom. The molecule has 1 saturated heterocycles. The summed E-state index contributed by atoms with van der Waals surface area (Å²) in [6.45, 7) is 10.1. The molecule has 12 bridgehead atoms. The molecule has 18 heteroatoms. The third-order valence-corrected chi connectivity index (χ3v) is 36.8. The number of benzene rings is 12. The SMILES string of the molecule is C.CC(=O)[O-].CC(F)(F)C(=O)OCN1CCOCC1.CNC12CC3CC(CC(C3)C1)C2.Cc1ccc([S+](c2ccc(C)cc2)c2ccc(C)cc2)cc1.O=C([O-])C12CC3CC(CC(C3)C1)C2.O=C([O-])C12CC3CC(CC(O)(C3)C1)C2.c1ccc([S+](c2ccccc2)c2ccccc2)cc1.c1ccc([S+](c2ccccc2)c2ccccc2)cc1.c1ccc([S+](c2ccccc2)c2ccccc2)cc1. The van der Waals surface area contributed by atoms with E-state index < -0.39 is 46.2 Å². The average molecular weight is 1920 g/mol. The molecule has 2 unspecified atom stereocenters. The van der Waals surface area contributed by atoms with E-state index in [2.05, 4.69) is 384 Å². The number of rotatable bonds is 18. The molecule has 13 fully saturated rings. The van der Waals surface area contributed by atoms with Crippen LogP contribution in [0.2, 0.25) is 0 Å². The minimum atomic E-state index is -3.41. The quantitative estimate of drug-likeness (QED) is 0.0611. The molecule has 1 aliphatic heterocycles. The number of aryl methyl sites for hydroxylation is 3. The van der Waals surface area contributed by atoms with E-state index in [1.54, 1.807) is 24.2 Å². The Kier molecular flexibility index (Phi) is 37.5. The van der Waals surface area contributed by atoms with Gasteiger partial charge in [0, 0.05) is 54.3 Å². The molecular weight excluding hydrogens is 1780 g/mol. The van der Waals surface area contributed by atoms with Crippen molar-refractivity contribution in [1.82, 2.24) is 10.2 Å². The first kappa shape index (κ1) is 104. The highest BCUT2D eigenvalue weighted by Gasteiger charge is 2.58. The van der Waals surface area contributed by atoms with Gasteiger partial charge in [-0.3, -0.25) is 4.90 Å². The predicted octanol–water partition coefficient (Wildman–Crippen LogP) is 23.1. The summed E-state index contributed by atoms with van der Waals surface area (Å²) in [5, 5.41) is 45.0. The minimum Gasteiger partial charge on any atom is -0.550 e. The Balaban J connectivity index is 0.000000132. The van der Waals surface area contributed by atoms with E-state index in [9.17, 15) is 38.5 Å². The predicted molar refractivity (Wildman–Crippen MR) is 544 cm³/mol. The highest BCUT2D eigenvalue weighted by atomic mass is 32.2. The molecule has 2 N–H and O–H groups in total. The van der Waals surface area contributed by atoms with Crippen molar-refractivity contribution in [2.45, 2.75) is 233 Å². The lowest BCUT2D eigenvalue weighted by Crippen LogP contribution is -2.60. The molecule has 12 saturated carbocycles. The summed E-state index contributed by atoms with van der Waals surface area (Å²) in [5.41, 5.74) is 2.76. The van der Waals surface area contributed by atoms with Gasteiger partial charge in [0.2, 0.25) is 0 Å². The number of carbonyl (C=O) groups excluding carboxylic acids is 4. The maximum atomic E-state index is 12.4. The third-order valence-electron chi connectivity index (χ3n) is 27.9. The number of hydrogen-bond donors (Lipinski definition) is 2. The van der Waals surface area contributed by atoms with Crippen LogP contribution in [0.15, 0.2) is 405 Å². The lowest BCUT2D eigenvalue weighted by molar-refractivity contribution is -0.331. The Morgan fingerprint density at radius 1 is 0.365 bits per heavy atom. The maximum absolute atomic E-state index is 12.4. The van der Waals surface area contributed by atoms with Crippen molar-refractivity contribution in [3.05, 3.63) is 362 Å². The standard InChI is InChI=1S/C21H21S.3C18H15S.C11H19N.C11H16O3.C11H16O2.C8H13F2NO3.C2H4O2.CH4/c1-16-4-10-19(11-5-16)22(20-12-6-17(2)7-13-20)21-14-8-18(3)9-15-21;3*1-4-10-16(11-5-1)19(17-12-6-2-7-13-17)18-14-8-3-9-15-18;1-12-11-5-8-2-9(6-11)4-10(3-8)7-11;12-9(13)10-2-7-1-8(3-10)5-11(14,4-7)6-10;12-10(13)11-4-7-1-8(5-11)3-9(2-7)6-11;1-8(9,10)7(12)14-6-11-2-4-13-5-3-11;1-2(3)4;/h4-15H,1-3H3;3*1-15H;8-10,12H,2-7H2,1H3;7-8,14H,1-6H2,(H,12,13);7-9H,1-6H2,(H,12,13);2-6H2,1H3;1H3,(H,3,4);1H4/q4*+1;;;;;;/p-3. The van der Waals surface area contributed by atoms with Crippen molar-refractivity contribution in [2.24, 2.45) is 58.2 Å². The molecule has 12 aromatic rings. The van der Waals surface area contributed by atoms with Gasteiger partial charge in [0.25, 0.3) is 0 Å². The highest BCUT2D eigenvalue weighted by molar-refractivity contribution is 7.98. The highest BCUT2D eigenvalue weighted by Crippen LogP contribution is 2.62. The largest absolute Gasteiger partial charge is 0.550 e. The van der Waals surface area contributed by atoms with Gasteiger partial charge in [0.05, 0.1) is 62.4 Å². The minimum absolute atomic E-state index is 0. The topological polar surface area (TPSA) is 191 Å². The number of aliphatic hydroxyl groups is 1. The average Bonchev–Trinajstić information content (AvgIpc) is 0.727. The molecular formula is C119H135F2N2O10S4+. The summed E-state index contributed by atoms with van der Waals surface area (Å²) in [6, 6.07) is 123. The second-order valence-electron chi connectivity index (χ2n) is 38.8. The van der Waals surface area contributed by atoms with Crippen LogP contribution in [0.4, 0.5) is 8.78 Å². The fraction of sp³-hybridized carbons (Fsp3) is 0.361. The number of aliphatic carboxylic acids is 3. The molecule has 12 aliphatic carbocycles. The van der Waals surface area contributed by atoms with Gasteiger partial charge in [0.1, 0.15) is 6.73 Å². The number of carboxylic acid groups (broad SMARTS) is 3. The van der Waals surface area contributed by atoms with Gasteiger partial charge in [-0.2, -0.15) is 8.78 Å². The third kappa shape index (κ3) is 28.9. The van der Waals surface area contributed by atoms with Crippen molar-refractivity contribution in [2.75, 3.05) is 40.1 Å². The van der Waals surface area contributed by atoms with Gasteiger partial charge >= 0.3 is 11.9 Å². The molecule has 1 heterocycles. The van der Waals surface area contributed by atoms with Crippen LogP contribution in [-0.4, -0.2) is 91.0 Å². The molecule has 13 aliphatic rings. The molecule has 137 heavy (non-hydrogen) atoms. The first-order valence-corrected chi connectivity index (χ1v) is 53.1. The molecule has 0 radical (unpaired) electrons. The van der Waals surface area contributed by atoms with E-state index in [1.165, 1.54) is 114 Å². The van der Waals surface area contributed by atoms with Gasteiger partial charge < -0.3 is 49.6 Å². The number of ether oxygens (including phenoxy) is 2. The molecule has 0 spiro atoms. The summed E-state index contributed by atoms with van der Waals surface area (Å²) in [4.78, 5) is 60.0. The molecule has 12 nitrogen and oxygen atoms in total. The zero-order chi connectivity index (χ0) is 95.7. The fourth-order valence-corrected chi connectivity index (χ4v) is 31.3. The fourth-order valence-electron chi connectivity index (χ4n) is 22.9. The lowest BCUT2D eigenvalue weighted by atomic mass is 9.48. The van der Waals surface area contributed by atoms with Crippen molar-refractivity contribution in [3.8, 4) is 0 Å². The molecule has 0 aromatic heterocycles. The van der Waals surface area contributed by atoms with Gasteiger partial charge in [-0.15, -0.1) is 0 Å². The molecule has 718 valence electrons. The number of halogens is 2. The Labute approximate surface area is 823 Å². The van der Waals surface area contributed by atoms with Crippen LogP contribution in [0.3, 0.4) is 0 Å². The normalized spacial score (nSPS) is 23.8. The smallest absolute Gasteiger partial charge is 0.377 e. The Bertz CT molecular complexity index is 4920. The number of nitrogens with zero attached hydrogens (tertiary/aromatic N) is 1. The maximum Gasteiger partial charge on any atom is 0.377 e. The lowest BCUT2D eigenvalue weighted by Gasteiger charge is -2.60. The summed E-state index contributed by atoms with van der Waals surface area (Å²) in [7, 11) is 2.09. The zero-order valence-electron chi connectivity index (χ0n) is 79.2. The summed E-state index contributed by atoms with van der Waals surface area (Å²) in [6.07, 6.45) is 20.4. The van der Waals surface area contributed by atoms with Gasteiger partial charge in [-0.1, -0.05) is 224 Å². The summed E-state index contributed by atoms with van der Waals surface area (Å²) >= 11 is 0. The van der Waals surface area contributed by atoms with Crippen molar-refractivity contribution >= 4 is 67.5 Å². The zero-order valence-corrected chi connectivity index (χ0v) is 82.5. The van der Waals surface area contributed by atoms with Crippen LogP contribution in [0.5, 0.6) is 0 Å². The number of morpholine rings is 1. The van der Waals surface area contributed by atoms with Gasteiger partial charge in [0.15, 0.2) is 58.7 Å². The molecule has 25 rings (SSSR count).